The predicted molar refractivity (Wildman–Crippen MR) is 122 cm³/mol. The fourth-order valence-electron chi connectivity index (χ4n) is 3.78. The number of halogens is 2. The maximum atomic E-state index is 13.5. The Kier molecular flexibility index (Phi) is 8.41. The van der Waals surface area contributed by atoms with Crippen molar-refractivity contribution in [1.29, 1.82) is 0 Å². The summed E-state index contributed by atoms with van der Waals surface area (Å²) in [6, 6.07) is 11.3. The summed E-state index contributed by atoms with van der Waals surface area (Å²) in [5.74, 6) is -0.967. The van der Waals surface area contributed by atoms with Crippen molar-refractivity contribution >= 4 is 39.2 Å². The Hall–Kier alpha value is -1.84. The van der Waals surface area contributed by atoms with Crippen LogP contribution in [0.4, 0.5) is 0 Å². The smallest absolute Gasteiger partial charge is 0.310 e. The highest BCUT2D eigenvalue weighted by molar-refractivity contribution is 7.88. The maximum Gasteiger partial charge on any atom is 0.310 e. The molecule has 0 saturated carbocycles. The van der Waals surface area contributed by atoms with Crippen LogP contribution in [-0.4, -0.2) is 45.7 Å². The lowest BCUT2D eigenvalue weighted by Gasteiger charge is -2.27. The quantitative estimate of drug-likeness (QED) is 0.373. The Morgan fingerprint density at radius 2 is 1.88 bits per heavy atom. The monoisotopic (exact) mass is 501 g/mol. The van der Waals surface area contributed by atoms with Crippen molar-refractivity contribution in [1.82, 2.24) is 4.31 Å². The molecule has 7 nitrogen and oxygen atoms in total. The Bertz CT molecular complexity index is 1050. The minimum Gasteiger partial charge on any atom is -0.467 e. The topological polar surface area (TPSA) is 82.1 Å². The third kappa shape index (κ3) is 5.55. The Labute approximate surface area is 198 Å². The van der Waals surface area contributed by atoms with E-state index in [0.717, 1.165) is 0 Å². The second-order valence-corrected chi connectivity index (χ2v) is 10.0. The van der Waals surface area contributed by atoms with Crippen LogP contribution in [0.5, 0.6) is 5.75 Å². The van der Waals surface area contributed by atoms with Crippen LogP contribution in [-0.2, 0) is 30.0 Å². The third-order valence-corrected chi connectivity index (χ3v) is 7.82. The van der Waals surface area contributed by atoms with Crippen LogP contribution in [0.15, 0.2) is 42.5 Å². The van der Waals surface area contributed by atoms with Crippen molar-refractivity contribution in [2.45, 2.75) is 25.1 Å². The van der Waals surface area contributed by atoms with Gasteiger partial charge < -0.3 is 14.2 Å². The van der Waals surface area contributed by atoms with Gasteiger partial charge in [-0.15, -0.1) is 0 Å². The van der Waals surface area contributed by atoms with Crippen molar-refractivity contribution in [2.75, 3.05) is 27.1 Å². The summed E-state index contributed by atoms with van der Waals surface area (Å²) in [6.07, 6.45) is 0.191. The molecule has 2 aromatic rings. The van der Waals surface area contributed by atoms with Gasteiger partial charge in [0.05, 0.1) is 34.4 Å². The molecule has 0 N–H and O–H groups in total. The van der Waals surface area contributed by atoms with E-state index >= 15 is 0 Å². The van der Waals surface area contributed by atoms with Gasteiger partial charge in [0.2, 0.25) is 10.0 Å². The number of carbonyl (C=O) groups is 1. The molecule has 0 bridgehead atoms. The van der Waals surface area contributed by atoms with E-state index in [0.29, 0.717) is 16.9 Å². The number of carbonyl (C=O) groups excluding carboxylic acids is 1. The summed E-state index contributed by atoms with van der Waals surface area (Å²) in [6.45, 7) is 1.83. The minimum absolute atomic E-state index is 0.0226. The zero-order valence-corrected chi connectivity index (χ0v) is 20.1. The molecule has 32 heavy (non-hydrogen) atoms. The van der Waals surface area contributed by atoms with Crippen LogP contribution in [0, 0.1) is 5.92 Å². The zero-order valence-electron chi connectivity index (χ0n) is 17.8. The van der Waals surface area contributed by atoms with Crippen molar-refractivity contribution in [2.24, 2.45) is 5.92 Å². The molecule has 0 amide bonds. The Morgan fingerprint density at radius 3 is 2.53 bits per heavy atom. The van der Waals surface area contributed by atoms with Crippen LogP contribution in [0.1, 0.15) is 30.5 Å². The number of ether oxygens (including phenoxy) is 3. The number of sulfonamides is 1. The molecule has 2 atom stereocenters. The first-order chi connectivity index (χ1) is 15.3. The normalized spacial score (nSPS) is 19.1. The fourth-order valence-corrected chi connectivity index (χ4v) is 5.99. The molecular formula is C22H25Cl2NO6S. The van der Waals surface area contributed by atoms with Gasteiger partial charge in [-0.2, -0.15) is 4.31 Å². The Morgan fingerprint density at radius 1 is 1.16 bits per heavy atom. The second-order valence-electron chi connectivity index (χ2n) is 7.34. The number of nitrogens with zero attached hydrogens (tertiary/aromatic N) is 1. The van der Waals surface area contributed by atoms with Gasteiger partial charge in [-0.05, 0) is 31.0 Å². The zero-order chi connectivity index (χ0) is 23.3. The molecule has 3 rings (SSSR count). The van der Waals surface area contributed by atoms with E-state index in [1.165, 1.54) is 11.4 Å². The first-order valence-corrected chi connectivity index (χ1v) is 12.4. The molecule has 1 saturated heterocycles. The van der Waals surface area contributed by atoms with E-state index in [4.69, 9.17) is 37.4 Å². The molecule has 1 fully saturated rings. The van der Waals surface area contributed by atoms with Crippen molar-refractivity contribution in [3.05, 3.63) is 63.6 Å². The molecule has 1 aliphatic rings. The van der Waals surface area contributed by atoms with Crippen molar-refractivity contribution in [3.63, 3.8) is 0 Å². The molecule has 2 aromatic carbocycles. The van der Waals surface area contributed by atoms with Crippen LogP contribution in [0.2, 0.25) is 10.0 Å². The molecule has 0 spiro atoms. The standard InChI is InChI=1S/C22H25Cl2NO6S/c1-3-30-22(26)16-11-18(20-19(31-14-29-2)10-9-17(23)21(20)24)25(12-16)32(27,28)13-15-7-5-4-6-8-15/h4-10,16,18H,3,11-14H2,1-2H3. The fraction of sp³-hybridized carbons (Fsp3) is 0.409. The van der Waals surface area contributed by atoms with Gasteiger partial charge in [0.25, 0.3) is 0 Å². The molecule has 0 aromatic heterocycles. The predicted octanol–water partition coefficient (Wildman–Crippen LogP) is 4.43. The number of benzene rings is 2. The Balaban J connectivity index is 2.05. The molecule has 1 aliphatic heterocycles. The maximum absolute atomic E-state index is 13.5. The average molecular weight is 502 g/mol. The largest absolute Gasteiger partial charge is 0.467 e. The van der Waals surface area contributed by atoms with Crippen LogP contribution in [0.25, 0.3) is 0 Å². The van der Waals surface area contributed by atoms with E-state index < -0.39 is 28.0 Å². The van der Waals surface area contributed by atoms with Gasteiger partial charge in [0, 0.05) is 19.2 Å². The lowest BCUT2D eigenvalue weighted by molar-refractivity contribution is -0.147. The van der Waals surface area contributed by atoms with E-state index in [1.54, 1.807) is 43.3 Å². The van der Waals surface area contributed by atoms with Gasteiger partial charge >= 0.3 is 5.97 Å². The number of esters is 1. The lowest BCUT2D eigenvalue weighted by Crippen LogP contribution is -2.33. The van der Waals surface area contributed by atoms with Gasteiger partial charge in [-0.25, -0.2) is 8.42 Å². The number of hydrogen-bond acceptors (Lipinski definition) is 6. The lowest BCUT2D eigenvalue weighted by atomic mass is 9.99. The summed E-state index contributed by atoms with van der Waals surface area (Å²) in [5, 5.41) is 0.432. The molecule has 1 heterocycles. The average Bonchev–Trinajstić information content (AvgIpc) is 3.21. The molecule has 2 unspecified atom stereocenters. The van der Waals surface area contributed by atoms with Crippen molar-refractivity contribution < 1.29 is 27.4 Å². The van der Waals surface area contributed by atoms with E-state index in [-0.39, 0.29) is 42.2 Å². The van der Waals surface area contributed by atoms with Gasteiger partial charge in [0.15, 0.2) is 6.79 Å². The van der Waals surface area contributed by atoms with Crippen LogP contribution in [0.3, 0.4) is 0 Å². The molecule has 174 valence electrons. The molecule has 0 aliphatic carbocycles. The van der Waals surface area contributed by atoms with Gasteiger partial charge in [-0.3, -0.25) is 4.79 Å². The van der Waals surface area contributed by atoms with E-state index in [9.17, 15) is 13.2 Å². The van der Waals surface area contributed by atoms with Crippen LogP contribution < -0.4 is 4.74 Å². The molecule has 10 heteroatoms. The van der Waals surface area contributed by atoms with Gasteiger partial charge in [0.1, 0.15) is 5.75 Å². The summed E-state index contributed by atoms with van der Waals surface area (Å²) in [4.78, 5) is 12.5. The van der Waals surface area contributed by atoms with Crippen LogP contribution >= 0.6 is 23.2 Å². The van der Waals surface area contributed by atoms with Crippen molar-refractivity contribution in [3.8, 4) is 5.75 Å². The first-order valence-electron chi connectivity index (χ1n) is 10.1. The highest BCUT2D eigenvalue weighted by atomic mass is 35.5. The number of hydrogen-bond donors (Lipinski definition) is 0. The molecular weight excluding hydrogens is 477 g/mol. The minimum atomic E-state index is -3.82. The summed E-state index contributed by atoms with van der Waals surface area (Å²) in [7, 11) is -2.35. The van der Waals surface area contributed by atoms with E-state index in [1.807, 2.05) is 6.07 Å². The van der Waals surface area contributed by atoms with Gasteiger partial charge in [-0.1, -0.05) is 53.5 Å². The second kappa shape index (κ2) is 10.9. The van der Waals surface area contributed by atoms with E-state index in [2.05, 4.69) is 0 Å². The summed E-state index contributed by atoms with van der Waals surface area (Å²) in [5.41, 5.74) is 1.04. The third-order valence-electron chi connectivity index (χ3n) is 5.18. The summed E-state index contributed by atoms with van der Waals surface area (Å²) >= 11 is 12.8. The number of rotatable bonds is 9. The summed E-state index contributed by atoms with van der Waals surface area (Å²) < 4.78 is 44.1. The highest BCUT2D eigenvalue weighted by Crippen LogP contribution is 2.47. The number of methoxy groups -OCH3 is 1. The first kappa shape index (κ1) is 24.8. The SMILES string of the molecule is CCOC(=O)C1CC(c2c(OCOC)ccc(Cl)c2Cl)N(S(=O)(=O)Cc2ccccc2)C1. The molecule has 0 radical (unpaired) electrons. The highest BCUT2D eigenvalue weighted by Gasteiger charge is 2.45.